The Kier molecular flexibility index (Phi) is 5.33. The Bertz CT molecular complexity index is 985. The van der Waals surface area contributed by atoms with Gasteiger partial charge in [-0.1, -0.05) is 50.2 Å². The van der Waals surface area contributed by atoms with Crippen molar-refractivity contribution in [3.63, 3.8) is 0 Å². The van der Waals surface area contributed by atoms with E-state index in [4.69, 9.17) is 0 Å². The first-order valence-electron chi connectivity index (χ1n) is 10.6. The number of hydrogen-bond donors (Lipinski definition) is 2. The number of carbonyl (C=O) groups excluding carboxylic acids is 3. The Hall–Kier alpha value is -3.15. The largest absolute Gasteiger partial charge is 0.325 e. The Morgan fingerprint density at radius 2 is 1.90 bits per heavy atom. The number of rotatable bonds is 5. The molecule has 4 amide bonds. The lowest BCUT2D eigenvalue weighted by molar-refractivity contribution is -0.134. The average Bonchev–Trinajstić information content (AvgIpc) is 2.98. The van der Waals surface area contributed by atoms with Gasteiger partial charge in [-0.05, 0) is 60.4 Å². The highest BCUT2D eigenvalue weighted by atomic mass is 16.2. The van der Waals surface area contributed by atoms with Gasteiger partial charge in [-0.3, -0.25) is 14.5 Å². The number of anilines is 1. The molecule has 2 aliphatic rings. The number of benzene rings is 2. The van der Waals surface area contributed by atoms with E-state index in [9.17, 15) is 14.4 Å². The summed E-state index contributed by atoms with van der Waals surface area (Å²) in [6.45, 7) is 3.99. The summed E-state index contributed by atoms with van der Waals surface area (Å²) in [5.41, 5.74) is 2.73. The van der Waals surface area contributed by atoms with Crippen molar-refractivity contribution in [2.45, 2.75) is 51.0 Å². The third-order valence-electron chi connectivity index (χ3n) is 6.33. The van der Waals surface area contributed by atoms with E-state index in [1.165, 1.54) is 5.56 Å². The van der Waals surface area contributed by atoms with E-state index in [0.717, 1.165) is 35.3 Å². The lowest BCUT2D eigenvalue weighted by atomic mass is 9.76. The second-order valence-electron chi connectivity index (χ2n) is 8.22. The van der Waals surface area contributed by atoms with Crippen LogP contribution < -0.4 is 10.6 Å². The molecule has 0 saturated carbocycles. The first-order chi connectivity index (χ1) is 14.4. The van der Waals surface area contributed by atoms with Gasteiger partial charge in [0.25, 0.3) is 5.91 Å². The minimum absolute atomic E-state index is 0.304. The predicted molar refractivity (Wildman–Crippen MR) is 115 cm³/mol. The zero-order valence-electron chi connectivity index (χ0n) is 17.4. The number of aryl methyl sites for hydroxylation is 1. The van der Waals surface area contributed by atoms with Gasteiger partial charge in [0.15, 0.2) is 0 Å². The molecule has 1 aliphatic heterocycles. The van der Waals surface area contributed by atoms with E-state index in [0.29, 0.717) is 18.0 Å². The summed E-state index contributed by atoms with van der Waals surface area (Å²) in [7, 11) is 0. The SMILES string of the molecule is CCC(C)c1ccc(NC(=O)CN2C(=O)NC3(CCCc4ccccc43)C2=O)cc1. The summed E-state index contributed by atoms with van der Waals surface area (Å²) in [4.78, 5) is 39.5. The molecule has 2 aromatic rings. The van der Waals surface area contributed by atoms with E-state index < -0.39 is 17.5 Å². The fourth-order valence-electron chi connectivity index (χ4n) is 4.43. The van der Waals surface area contributed by atoms with Crippen LogP contribution in [0.2, 0.25) is 0 Å². The number of nitrogens with one attached hydrogen (secondary N) is 2. The topological polar surface area (TPSA) is 78.5 Å². The minimum atomic E-state index is -1.05. The van der Waals surface area contributed by atoms with Crippen molar-refractivity contribution in [2.75, 3.05) is 11.9 Å². The lowest BCUT2D eigenvalue weighted by Crippen LogP contribution is -2.47. The molecule has 1 saturated heterocycles. The van der Waals surface area contributed by atoms with Crippen molar-refractivity contribution in [3.8, 4) is 0 Å². The number of urea groups is 1. The molecule has 1 fully saturated rings. The van der Waals surface area contributed by atoms with Crippen LogP contribution in [0.4, 0.5) is 10.5 Å². The summed E-state index contributed by atoms with van der Waals surface area (Å²) < 4.78 is 0. The highest BCUT2D eigenvalue weighted by Crippen LogP contribution is 2.39. The van der Waals surface area contributed by atoms with E-state index in [1.54, 1.807) is 0 Å². The van der Waals surface area contributed by atoms with Crippen LogP contribution in [0.15, 0.2) is 48.5 Å². The quantitative estimate of drug-likeness (QED) is 0.740. The molecular formula is C24H27N3O3. The van der Waals surface area contributed by atoms with Crippen LogP contribution in [0.25, 0.3) is 0 Å². The van der Waals surface area contributed by atoms with Crippen LogP contribution >= 0.6 is 0 Å². The van der Waals surface area contributed by atoms with Crippen LogP contribution in [0, 0.1) is 0 Å². The molecule has 6 heteroatoms. The summed E-state index contributed by atoms with van der Waals surface area (Å²) in [6.07, 6.45) is 3.28. The highest BCUT2D eigenvalue weighted by molar-refractivity contribution is 6.10. The summed E-state index contributed by atoms with van der Waals surface area (Å²) >= 11 is 0. The third kappa shape index (κ3) is 3.47. The molecule has 2 unspecified atom stereocenters. The Balaban J connectivity index is 1.47. The van der Waals surface area contributed by atoms with Crippen molar-refractivity contribution in [1.29, 1.82) is 0 Å². The Labute approximate surface area is 176 Å². The predicted octanol–water partition coefficient (Wildman–Crippen LogP) is 3.92. The summed E-state index contributed by atoms with van der Waals surface area (Å²) in [6, 6.07) is 14.9. The Morgan fingerprint density at radius 3 is 2.63 bits per heavy atom. The van der Waals surface area contributed by atoms with Gasteiger partial charge in [-0.15, -0.1) is 0 Å². The van der Waals surface area contributed by atoms with Crippen molar-refractivity contribution in [2.24, 2.45) is 0 Å². The molecule has 0 radical (unpaired) electrons. The van der Waals surface area contributed by atoms with Gasteiger partial charge in [-0.2, -0.15) is 0 Å². The van der Waals surface area contributed by atoms with Crippen LogP contribution in [0.3, 0.4) is 0 Å². The van der Waals surface area contributed by atoms with Crippen LogP contribution in [-0.4, -0.2) is 29.3 Å². The van der Waals surface area contributed by atoms with E-state index >= 15 is 0 Å². The third-order valence-corrected chi connectivity index (χ3v) is 6.33. The number of imide groups is 1. The Morgan fingerprint density at radius 1 is 1.17 bits per heavy atom. The fraction of sp³-hybridized carbons (Fsp3) is 0.375. The first-order valence-corrected chi connectivity index (χ1v) is 10.6. The van der Waals surface area contributed by atoms with Crippen LogP contribution in [0.1, 0.15) is 55.7 Å². The lowest BCUT2D eigenvalue weighted by Gasteiger charge is -2.33. The van der Waals surface area contributed by atoms with Crippen LogP contribution in [0.5, 0.6) is 0 Å². The number of hydrogen-bond acceptors (Lipinski definition) is 3. The zero-order valence-corrected chi connectivity index (χ0v) is 17.4. The summed E-state index contributed by atoms with van der Waals surface area (Å²) in [5, 5.41) is 5.67. The molecule has 2 atom stereocenters. The molecule has 156 valence electrons. The van der Waals surface area contributed by atoms with Crippen molar-refractivity contribution in [3.05, 3.63) is 65.2 Å². The van der Waals surface area contributed by atoms with Gasteiger partial charge in [0.05, 0.1) is 0 Å². The maximum absolute atomic E-state index is 13.3. The van der Waals surface area contributed by atoms with Crippen molar-refractivity contribution >= 4 is 23.5 Å². The molecule has 2 aromatic carbocycles. The maximum Gasteiger partial charge on any atom is 0.325 e. The van der Waals surface area contributed by atoms with Gasteiger partial charge < -0.3 is 10.6 Å². The van der Waals surface area contributed by atoms with Gasteiger partial charge in [-0.25, -0.2) is 4.79 Å². The van der Waals surface area contributed by atoms with E-state index in [1.807, 2.05) is 48.5 Å². The smallest absolute Gasteiger partial charge is 0.325 e. The molecular weight excluding hydrogens is 378 g/mol. The van der Waals surface area contributed by atoms with Gasteiger partial charge in [0, 0.05) is 5.69 Å². The number of amides is 4. The van der Waals surface area contributed by atoms with E-state index in [-0.39, 0.29) is 12.5 Å². The molecule has 1 heterocycles. The maximum atomic E-state index is 13.3. The van der Waals surface area contributed by atoms with Crippen molar-refractivity contribution in [1.82, 2.24) is 10.2 Å². The van der Waals surface area contributed by atoms with Gasteiger partial charge >= 0.3 is 6.03 Å². The molecule has 1 aliphatic carbocycles. The first kappa shape index (κ1) is 20.1. The normalized spacial score (nSPS) is 21.3. The second kappa shape index (κ2) is 7.94. The molecule has 2 N–H and O–H groups in total. The number of fused-ring (bicyclic) bond motifs is 2. The van der Waals surface area contributed by atoms with E-state index in [2.05, 4.69) is 24.5 Å². The minimum Gasteiger partial charge on any atom is -0.325 e. The second-order valence-corrected chi connectivity index (χ2v) is 8.22. The number of carbonyl (C=O) groups is 3. The molecule has 4 rings (SSSR count). The van der Waals surface area contributed by atoms with Gasteiger partial charge in [0.1, 0.15) is 12.1 Å². The van der Waals surface area contributed by atoms with Crippen LogP contribution in [-0.2, 0) is 21.5 Å². The molecule has 1 spiro atoms. The van der Waals surface area contributed by atoms with Crippen molar-refractivity contribution < 1.29 is 14.4 Å². The standard InChI is InChI=1S/C24H27N3O3/c1-3-16(2)17-10-12-19(13-11-17)25-21(28)15-27-22(29)24(26-23(27)30)14-6-8-18-7-4-5-9-20(18)24/h4-5,7,9-13,16H,3,6,8,14-15H2,1-2H3,(H,25,28)(H,26,30). The number of nitrogens with zero attached hydrogens (tertiary/aromatic N) is 1. The monoisotopic (exact) mass is 405 g/mol. The molecule has 0 aromatic heterocycles. The highest BCUT2D eigenvalue weighted by Gasteiger charge is 2.54. The fourth-order valence-corrected chi connectivity index (χ4v) is 4.43. The summed E-state index contributed by atoms with van der Waals surface area (Å²) in [5.74, 6) is -0.284. The zero-order chi connectivity index (χ0) is 21.3. The van der Waals surface area contributed by atoms with Gasteiger partial charge in [0.2, 0.25) is 5.91 Å². The molecule has 30 heavy (non-hydrogen) atoms. The molecule has 6 nitrogen and oxygen atoms in total. The average molecular weight is 405 g/mol. The molecule has 0 bridgehead atoms.